The normalized spacial score (nSPS) is 13.8. The lowest BCUT2D eigenvalue weighted by Crippen LogP contribution is -2.00. The number of aliphatic hydroxyl groups is 1. The summed E-state index contributed by atoms with van der Waals surface area (Å²) >= 11 is 0. The molecule has 2 N–H and O–H groups in total. The van der Waals surface area contributed by atoms with E-state index in [0.717, 1.165) is 28.4 Å². The van der Waals surface area contributed by atoms with Gasteiger partial charge < -0.3 is 14.8 Å². The summed E-state index contributed by atoms with van der Waals surface area (Å²) in [4.78, 5) is 0. The third-order valence-electron chi connectivity index (χ3n) is 5.06. The quantitative estimate of drug-likeness (QED) is 0.496. The second-order valence-electron chi connectivity index (χ2n) is 6.59. The molecule has 3 aromatic carbocycles. The number of aryl methyl sites for hydroxylation is 1. The second-order valence-corrected chi connectivity index (χ2v) is 6.59. The molecular formula is C22H17NO2. The molecule has 1 aromatic heterocycles. The maximum Gasteiger partial charge on any atom is 0.116 e. The summed E-state index contributed by atoms with van der Waals surface area (Å²) in [7, 11) is 0. The molecule has 0 saturated heterocycles. The molecule has 0 atom stereocenters. The first-order valence-electron chi connectivity index (χ1n) is 8.45. The predicted molar refractivity (Wildman–Crippen MR) is 101 cm³/mol. The summed E-state index contributed by atoms with van der Waals surface area (Å²) in [6, 6.07) is 15.7. The van der Waals surface area contributed by atoms with Gasteiger partial charge in [0.05, 0.1) is 5.76 Å². The van der Waals surface area contributed by atoms with Gasteiger partial charge in [-0.15, -0.1) is 0 Å². The van der Waals surface area contributed by atoms with Crippen molar-refractivity contribution in [2.24, 2.45) is 0 Å². The van der Waals surface area contributed by atoms with Gasteiger partial charge in [-0.05, 0) is 58.7 Å². The highest BCUT2D eigenvalue weighted by Gasteiger charge is 2.19. The molecule has 122 valence electrons. The molecule has 0 spiro atoms. The Kier molecular flexibility index (Phi) is 2.92. The van der Waals surface area contributed by atoms with Crippen LogP contribution in [0.3, 0.4) is 0 Å². The Hall–Kier alpha value is -3.20. The molecule has 0 amide bonds. The van der Waals surface area contributed by atoms with E-state index in [1.165, 1.54) is 16.3 Å². The Morgan fingerprint density at radius 1 is 0.760 bits per heavy atom. The van der Waals surface area contributed by atoms with E-state index in [4.69, 9.17) is 0 Å². The van der Waals surface area contributed by atoms with Crippen LogP contribution in [-0.2, 0) is 6.42 Å². The van der Waals surface area contributed by atoms with Gasteiger partial charge in [-0.1, -0.05) is 24.3 Å². The molecule has 0 fully saturated rings. The van der Waals surface area contributed by atoms with Crippen LogP contribution in [0.2, 0.25) is 0 Å². The SMILES string of the molecule is OC1=Cc2c(c3cn(-c4ccccc4)cc3c3ccc(O)cc23)CC1. The van der Waals surface area contributed by atoms with E-state index in [0.29, 0.717) is 12.2 Å². The van der Waals surface area contributed by atoms with Gasteiger partial charge in [-0.3, -0.25) is 0 Å². The van der Waals surface area contributed by atoms with E-state index in [9.17, 15) is 10.2 Å². The van der Waals surface area contributed by atoms with E-state index in [1.807, 2.05) is 30.3 Å². The Bertz CT molecular complexity index is 1150. The summed E-state index contributed by atoms with van der Waals surface area (Å²) in [5.41, 5.74) is 3.38. The first kappa shape index (κ1) is 14.2. The van der Waals surface area contributed by atoms with E-state index < -0.39 is 0 Å². The van der Waals surface area contributed by atoms with E-state index >= 15 is 0 Å². The lowest BCUT2D eigenvalue weighted by Gasteiger charge is -2.17. The number of aromatic nitrogens is 1. The van der Waals surface area contributed by atoms with Crippen LogP contribution in [0.15, 0.2) is 66.7 Å². The summed E-state index contributed by atoms with van der Waals surface area (Å²) < 4.78 is 2.15. The van der Waals surface area contributed by atoms with Crippen molar-refractivity contribution in [1.82, 2.24) is 4.57 Å². The third kappa shape index (κ3) is 2.13. The zero-order valence-corrected chi connectivity index (χ0v) is 13.6. The number of benzene rings is 3. The fourth-order valence-corrected chi connectivity index (χ4v) is 3.88. The molecule has 0 aliphatic heterocycles. The van der Waals surface area contributed by atoms with Crippen LogP contribution in [-0.4, -0.2) is 14.8 Å². The minimum Gasteiger partial charge on any atom is -0.512 e. The van der Waals surface area contributed by atoms with E-state index in [2.05, 4.69) is 29.1 Å². The van der Waals surface area contributed by atoms with Crippen molar-refractivity contribution in [3.05, 3.63) is 77.8 Å². The molecule has 3 heteroatoms. The van der Waals surface area contributed by atoms with Crippen LogP contribution in [0, 0.1) is 0 Å². The average molecular weight is 327 g/mol. The Balaban J connectivity index is 1.92. The molecule has 0 radical (unpaired) electrons. The van der Waals surface area contributed by atoms with Crippen molar-refractivity contribution in [3.8, 4) is 11.4 Å². The number of aromatic hydroxyl groups is 1. The van der Waals surface area contributed by atoms with Gasteiger partial charge in [0.2, 0.25) is 0 Å². The van der Waals surface area contributed by atoms with Crippen LogP contribution in [0.5, 0.6) is 5.75 Å². The number of nitrogens with zero attached hydrogens (tertiary/aromatic N) is 1. The van der Waals surface area contributed by atoms with Gasteiger partial charge in [0.15, 0.2) is 0 Å². The van der Waals surface area contributed by atoms with E-state index in [-0.39, 0.29) is 5.75 Å². The minimum absolute atomic E-state index is 0.245. The van der Waals surface area contributed by atoms with Crippen molar-refractivity contribution in [2.75, 3.05) is 0 Å². The zero-order valence-electron chi connectivity index (χ0n) is 13.6. The maximum atomic E-state index is 10.0. The number of aliphatic hydroxyl groups excluding tert-OH is 1. The topological polar surface area (TPSA) is 45.4 Å². The maximum absolute atomic E-state index is 10.0. The third-order valence-corrected chi connectivity index (χ3v) is 5.06. The Labute approximate surface area is 145 Å². The molecule has 5 rings (SSSR count). The molecule has 25 heavy (non-hydrogen) atoms. The first-order valence-corrected chi connectivity index (χ1v) is 8.45. The summed E-state index contributed by atoms with van der Waals surface area (Å²) in [6.07, 6.45) is 7.63. The number of hydrogen-bond donors (Lipinski definition) is 2. The van der Waals surface area contributed by atoms with Crippen molar-refractivity contribution in [3.63, 3.8) is 0 Å². The molecule has 1 aliphatic rings. The van der Waals surface area contributed by atoms with Crippen molar-refractivity contribution >= 4 is 27.6 Å². The summed E-state index contributed by atoms with van der Waals surface area (Å²) in [6.45, 7) is 0. The highest BCUT2D eigenvalue weighted by molar-refractivity contribution is 6.13. The predicted octanol–water partition coefficient (Wildman–Crippen LogP) is 5.33. The molecule has 0 bridgehead atoms. The number of phenols is 1. The van der Waals surface area contributed by atoms with Crippen LogP contribution in [0.1, 0.15) is 17.5 Å². The number of phenolic OH excluding ortho intramolecular Hbond substituents is 1. The molecule has 1 aliphatic carbocycles. The van der Waals surface area contributed by atoms with Crippen molar-refractivity contribution in [1.29, 1.82) is 0 Å². The molecule has 0 saturated carbocycles. The number of allylic oxidation sites excluding steroid dienone is 1. The highest BCUT2D eigenvalue weighted by atomic mass is 16.3. The fourth-order valence-electron chi connectivity index (χ4n) is 3.88. The molecule has 0 unspecified atom stereocenters. The summed E-state index contributed by atoms with van der Waals surface area (Å²) in [5, 5.41) is 24.5. The van der Waals surface area contributed by atoms with Crippen LogP contribution in [0.25, 0.3) is 33.3 Å². The highest BCUT2D eigenvalue weighted by Crippen LogP contribution is 2.39. The van der Waals surface area contributed by atoms with Crippen LogP contribution in [0.4, 0.5) is 0 Å². The smallest absolute Gasteiger partial charge is 0.116 e. The monoisotopic (exact) mass is 327 g/mol. The van der Waals surface area contributed by atoms with Gasteiger partial charge in [0.25, 0.3) is 0 Å². The second kappa shape index (κ2) is 5.15. The molecule has 4 aromatic rings. The lowest BCUT2D eigenvalue weighted by atomic mass is 9.88. The molecule has 3 nitrogen and oxygen atoms in total. The van der Waals surface area contributed by atoms with Crippen LogP contribution >= 0.6 is 0 Å². The van der Waals surface area contributed by atoms with Gasteiger partial charge in [-0.2, -0.15) is 0 Å². The fraction of sp³-hybridized carbons (Fsp3) is 0.0909. The zero-order chi connectivity index (χ0) is 17.0. The Morgan fingerprint density at radius 2 is 1.56 bits per heavy atom. The molecule has 1 heterocycles. The largest absolute Gasteiger partial charge is 0.512 e. The number of rotatable bonds is 1. The van der Waals surface area contributed by atoms with Gasteiger partial charge in [0, 0.05) is 35.3 Å². The van der Waals surface area contributed by atoms with Crippen molar-refractivity contribution < 1.29 is 10.2 Å². The Morgan fingerprint density at radius 3 is 2.40 bits per heavy atom. The number of fused-ring (bicyclic) bond motifs is 6. The van der Waals surface area contributed by atoms with Gasteiger partial charge in [-0.25, -0.2) is 0 Å². The molecular weight excluding hydrogens is 310 g/mol. The average Bonchev–Trinajstić information content (AvgIpc) is 3.08. The first-order chi connectivity index (χ1) is 12.2. The van der Waals surface area contributed by atoms with Crippen LogP contribution < -0.4 is 0 Å². The lowest BCUT2D eigenvalue weighted by molar-refractivity contribution is 0.392. The van der Waals surface area contributed by atoms with Gasteiger partial charge in [0.1, 0.15) is 5.75 Å². The minimum atomic E-state index is 0.245. The number of hydrogen-bond acceptors (Lipinski definition) is 2. The summed E-state index contributed by atoms with van der Waals surface area (Å²) in [5.74, 6) is 0.647. The van der Waals surface area contributed by atoms with E-state index in [1.54, 1.807) is 12.1 Å². The number of para-hydroxylation sites is 1. The standard InChI is InChI=1S/C22H17NO2/c24-15-6-8-17-19(10-15)20-11-16(25)7-9-18(20)22-13-23(12-21(17)22)14-4-2-1-3-5-14/h1-6,8,10-13,24-25H,7,9H2. The van der Waals surface area contributed by atoms with Crippen molar-refractivity contribution in [2.45, 2.75) is 12.8 Å². The van der Waals surface area contributed by atoms with Gasteiger partial charge >= 0.3 is 0 Å².